The second-order valence-electron chi connectivity index (χ2n) is 4.96. The number of rotatable bonds is 1. The first-order valence-electron chi connectivity index (χ1n) is 6.35. The van der Waals surface area contributed by atoms with E-state index in [2.05, 4.69) is 10.2 Å². The fraction of sp³-hybridized carbons (Fsp3) is 0.385. The number of benzene rings is 1. The summed E-state index contributed by atoms with van der Waals surface area (Å²) in [6.45, 7) is 2.01. The van der Waals surface area contributed by atoms with E-state index in [1.165, 1.54) is 6.07 Å². The van der Waals surface area contributed by atoms with Crippen molar-refractivity contribution in [3.63, 3.8) is 0 Å². The number of nitrogens with zero attached hydrogens (tertiary/aromatic N) is 3. The molecule has 1 aliphatic heterocycles. The molecule has 2 aromatic rings. The molecule has 5 nitrogen and oxygen atoms in total. The fourth-order valence-electron chi connectivity index (χ4n) is 2.28. The molecule has 0 saturated heterocycles. The van der Waals surface area contributed by atoms with E-state index in [-0.39, 0.29) is 17.3 Å². The first kappa shape index (κ1) is 13.2. The Bertz CT molecular complexity index is 768. The zero-order valence-corrected chi connectivity index (χ0v) is 11.8. The van der Waals surface area contributed by atoms with Crippen LogP contribution in [0.4, 0.5) is 4.39 Å². The predicted molar refractivity (Wildman–Crippen MR) is 72.5 cm³/mol. The van der Waals surface area contributed by atoms with E-state index in [1.807, 2.05) is 0 Å². The lowest BCUT2D eigenvalue weighted by Crippen LogP contribution is -2.12. The molecule has 1 aliphatic rings. The predicted octanol–water partition coefficient (Wildman–Crippen LogP) is 1.36. The summed E-state index contributed by atoms with van der Waals surface area (Å²) in [4.78, 5) is 0. The van der Waals surface area contributed by atoms with Crippen LogP contribution in [0.25, 0.3) is 11.4 Å². The summed E-state index contributed by atoms with van der Waals surface area (Å²) in [5.41, 5.74) is 1.18. The number of hydrogen-bond donors (Lipinski definition) is 0. The quantitative estimate of drug-likeness (QED) is 0.797. The number of hydrogen-bond acceptors (Lipinski definition) is 4. The maximum absolute atomic E-state index is 13.7. The molecule has 0 saturated carbocycles. The highest BCUT2D eigenvalue weighted by atomic mass is 32.2. The van der Waals surface area contributed by atoms with E-state index in [0.29, 0.717) is 35.7 Å². The largest absolute Gasteiger partial charge is 0.310 e. The third kappa shape index (κ3) is 2.33. The highest BCUT2D eigenvalue weighted by Gasteiger charge is 2.22. The molecule has 0 radical (unpaired) electrons. The van der Waals surface area contributed by atoms with Gasteiger partial charge < -0.3 is 4.57 Å². The molecule has 20 heavy (non-hydrogen) atoms. The van der Waals surface area contributed by atoms with Crippen LogP contribution in [0.15, 0.2) is 18.2 Å². The van der Waals surface area contributed by atoms with Gasteiger partial charge in [-0.1, -0.05) is 12.1 Å². The number of halogens is 1. The van der Waals surface area contributed by atoms with Crippen LogP contribution in [0, 0.1) is 12.7 Å². The van der Waals surface area contributed by atoms with Gasteiger partial charge in [-0.25, -0.2) is 12.8 Å². The van der Waals surface area contributed by atoms with Gasteiger partial charge in [-0.3, -0.25) is 0 Å². The molecule has 0 N–H and O–H groups in total. The molecular formula is C13H14FN3O2S. The standard InChI is InChI=1S/C13H14FN3O2S/c1-9-2-3-10(8-11(9)14)13-16-15-12-4-6-20(18,19)7-5-17(12)13/h2-3,8H,4-7H2,1H3. The lowest BCUT2D eigenvalue weighted by Gasteiger charge is -2.07. The minimum absolute atomic E-state index is 0.0688. The Morgan fingerprint density at radius 1 is 1.25 bits per heavy atom. The van der Waals surface area contributed by atoms with Crippen LogP contribution in [0.1, 0.15) is 11.4 Å². The van der Waals surface area contributed by atoms with Gasteiger partial charge in [0.1, 0.15) is 11.6 Å². The minimum Gasteiger partial charge on any atom is -0.310 e. The molecule has 0 amide bonds. The Balaban J connectivity index is 2.05. The van der Waals surface area contributed by atoms with Crippen LogP contribution < -0.4 is 0 Å². The molecule has 0 bridgehead atoms. The van der Waals surface area contributed by atoms with Crippen molar-refractivity contribution in [3.05, 3.63) is 35.4 Å². The lowest BCUT2D eigenvalue weighted by atomic mass is 10.1. The SMILES string of the molecule is Cc1ccc(-c2nnc3n2CCS(=O)(=O)CC3)cc1F. The lowest BCUT2D eigenvalue weighted by molar-refractivity contribution is 0.593. The van der Waals surface area contributed by atoms with Gasteiger partial charge in [0.15, 0.2) is 15.7 Å². The Kier molecular flexibility index (Phi) is 3.08. The van der Waals surface area contributed by atoms with Crippen LogP contribution in [-0.4, -0.2) is 34.7 Å². The fourth-order valence-corrected chi connectivity index (χ4v) is 3.44. The van der Waals surface area contributed by atoms with Crippen molar-refractivity contribution < 1.29 is 12.8 Å². The van der Waals surface area contributed by atoms with Crippen LogP contribution in [-0.2, 0) is 22.8 Å². The van der Waals surface area contributed by atoms with Gasteiger partial charge in [0, 0.05) is 18.5 Å². The third-order valence-electron chi connectivity index (χ3n) is 3.52. The molecule has 1 aromatic carbocycles. The summed E-state index contributed by atoms with van der Waals surface area (Å²) in [6.07, 6.45) is 0.351. The highest BCUT2D eigenvalue weighted by Crippen LogP contribution is 2.22. The Morgan fingerprint density at radius 3 is 2.80 bits per heavy atom. The summed E-state index contributed by atoms with van der Waals surface area (Å²) in [6, 6.07) is 4.86. The van der Waals surface area contributed by atoms with Crippen molar-refractivity contribution in [1.29, 1.82) is 0 Å². The van der Waals surface area contributed by atoms with Crippen LogP contribution in [0.5, 0.6) is 0 Å². The zero-order valence-electron chi connectivity index (χ0n) is 11.0. The molecule has 0 fully saturated rings. The average molecular weight is 295 g/mol. The number of fused-ring (bicyclic) bond motifs is 1. The van der Waals surface area contributed by atoms with Gasteiger partial charge >= 0.3 is 0 Å². The molecule has 1 aromatic heterocycles. The molecule has 0 spiro atoms. The number of sulfone groups is 1. The molecular weight excluding hydrogens is 281 g/mol. The molecule has 2 heterocycles. The first-order valence-corrected chi connectivity index (χ1v) is 8.17. The van der Waals surface area contributed by atoms with Crippen LogP contribution in [0.3, 0.4) is 0 Å². The van der Waals surface area contributed by atoms with E-state index in [1.54, 1.807) is 23.6 Å². The molecule has 0 atom stereocenters. The zero-order chi connectivity index (χ0) is 14.3. The van der Waals surface area contributed by atoms with Crippen molar-refractivity contribution in [2.45, 2.75) is 19.9 Å². The smallest absolute Gasteiger partial charge is 0.164 e. The highest BCUT2D eigenvalue weighted by molar-refractivity contribution is 7.91. The maximum Gasteiger partial charge on any atom is 0.164 e. The monoisotopic (exact) mass is 295 g/mol. The normalized spacial score (nSPS) is 17.5. The van der Waals surface area contributed by atoms with E-state index in [4.69, 9.17) is 0 Å². The van der Waals surface area contributed by atoms with Gasteiger partial charge in [-0.05, 0) is 18.6 Å². The number of aryl methyl sites for hydroxylation is 2. The Labute approximate surface area is 116 Å². The molecule has 0 aliphatic carbocycles. The van der Waals surface area contributed by atoms with Crippen molar-refractivity contribution in [2.24, 2.45) is 0 Å². The van der Waals surface area contributed by atoms with Gasteiger partial charge in [-0.15, -0.1) is 10.2 Å². The van der Waals surface area contributed by atoms with Crippen molar-refractivity contribution in [1.82, 2.24) is 14.8 Å². The van der Waals surface area contributed by atoms with Crippen molar-refractivity contribution >= 4 is 9.84 Å². The van der Waals surface area contributed by atoms with Crippen molar-refractivity contribution in [3.8, 4) is 11.4 Å². The Hall–Kier alpha value is -1.76. The molecule has 106 valence electrons. The number of aromatic nitrogens is 3. The Morgan fingerprint density at radius 2 is 2.05 bits per heavy atom. The van der Waals surface area contributed by atoms with E-state index >= 15 is 0 Å². The van der Waals surface area contributed by atoms with Gasteiger partial charge in [0.2, 0.25) is 0 Å². The summed E-state index contributed by atoms with van der Waals surface area (Å²) < 4.78 is 38.7. The minimum atomic E-state index is -3.03. The van der Waals surface area contributed by atoms with Gasteiger partial charge in [0.05, 0.1) is 11.5 Å². The summed E-state index contributed by atoms with van der Waals surface area (Å²) in [7, 11) is -3.03. The summed E-state index contributed by atoms with van der Waals surface area (Å²) in [5, 5.41) is 8.12. The third-order valence-corrected chi connectivity index (χ3v) is 5.15. The van der Waals surface area contributed by atoms with E-state index < -0.39 is 9.84 Å². The van der Waals surface area contributed by atoms with Crippen LogP contribution in [0.2, 0.25) is 0 Å². The summed E-state index contributed by atoms with van der Waals surface area (Å²) >= 11 is 0. The second kappa shape index (κ2) is 4.66. The van der Waals surface area contributed by atoms with Crippen molar-refractivity contribution in [2.75, 3.05) is 11.5 Å². The molecule has 7 heteroatoms. The maximum atomic E-state index is 13.7. The van der Waals surface area contributed by atoms with Gasteiger partial charge in [0.25, 0.3) is 0 Å². The van der Waals surface area contributed by atoms with Gasteiger partial charge in [-0.2, -0.15) is 0 Å². The summed E-state index contributed by atoms with van der Waals surface area (Å²) in [5.74, 6) is 1.02. The first-order chi connectivity index (χ1) is 9.46. The average Bonchev–Trinajstić information content (AvgIpc) is 2.74. The molecule has 3 rings (SSSR count). The second-order valence-corrected chi connectivity index (χ2v) is 7.26. The topological polar surface area (TPSA) is 64.8 Å². The van der Waals surface area contributed by atoms with Crippen LogP contribution >= 0.6 is 0 Å². The van der Waals surface area contributed by atoms with E-state index in [9.17, 15) is 12.8 Å². The molecule has 0 unspecified atom stereocenters. The van der Waals surface area contributed by atoms with E-state index in [0.717, 1.165) is 0 Å².